The standard InChI is InChI=1S/C11H18N4O2/c1-17-6-2-4-14-11(16)8-13-7-10-3-5-12-9-15-10/h3,5,9,13H,2,4,6-8H2,1H3,(H,14,16). The number of aromatic nitrogens is 2. The number of hydrogen-bond acceptors (Lipinski definition) is 5. The van der Waals surface area contributed by atoms with E-state index in [1.165, 1.54) is 6.33 Å². The molecule has 0 aromatic carbocycles. The molecular weight excluding hydrogens is 220 g/mol. The first-order valence-electron chi connectivity index (χ1n) is 5.54. The van der Waals surface area contributed by atoms with Crippen molar-refractivity contribution in [1.82, 2.24) is 20.6 Å². The van der Waals surface area contributed by atoms with Crippen molar-refractivity contribution in [3.8, 4) is 0 Å². The molecule has 0 fully saturated rings. The summed E-state index contributed by atoms with van der Waals surface area (Å²) >= 11 is 0. The van der Waals surface area contributed by atoms with Gasteiger partial charge in [-0.3, -0.25) is 4.79 Å². The molecule has 6 heteroatoms. The van der Waals surface area contributed by atoms with Crippen molar-refractivity contribution >= 4 is 5.91 Å². The minimum Gasteiger partial charge on any atom is -0.385 e. The number of ether oxygens (including phenoxy) is 1. The molecule has 0 saturated heterocycles. The number of carbonyl (C=O) groups is 1. The molecule has 17 heavy (non-hydrogen) atoms. The second-order valence-electron chi connectivity index (χ2n) is 3.50. The first kappa shape index (κ1) is 13.5. The third-order valence-corrected chi connectivity index (χ3v) is 2.08. The molecule has 0 aliphatic carbocycles. The van der Waals surface area contributed by atoms with E-state index in [1.807, 2.05) is 6.07 Å². The molecule has 1 amide bonds. The van der Waals surface area contributed by atoms with Crippen molar-refractivity contribution in [3.63, 3.8) is 0 Å². The molecule has 0 spiro atoms. The van der Waals surface area contributed by atoms with Crippen molar-refractivity contribution in [3.05, 3.63) is 24.3 Å². The molecular formula is C11H18N4O2. The second kappa shape index (κ2) is 8.60. The Balaban J connectivity index is 2.04. The first-order valence-corrected chi connectivity index (χ1v) is 5.54. The molecule has 0 radical (unpaired) electrons. The van der Waals surface area contributed by atoms with Crippen molar-refractivity contribution in [2.45, 2.75) is 13.0 Å². The zero-order valence-electron chi connectivity index (χ0n) is 9.98. The molecule has 1 heterocycles. The van der Waals surface area contributed by atoms with Gasteiger partial charge in [-0.1, -0.05) is 0 Å². The highest BCUT2D eigenvalue weighted by Gasteiger charge is 2.00. The van der Waals surface area contributed by atoms with Crippen LogP contribution in [0, 0.1) is 0 Å². The molecule has 1 aromatic rings. The maximum Gasteiger partial charge on any atom is 0.233 e. The minimum absolute atomic E-state index is 0.0184. The maximum atomic E-state index is 11.3. The topological polar surface area (TPSA) is 76.1 Å². The van der Waals surface area contributed by atoms with Gasteiger partial charge in [0.15, 0.2) is 0 Å². The summed E-state index contributed by atoms with van der Waals surface area (Å²) in [5.74, 6) is -0.0184. The van der Waals surface area contributed by atoms with Gasteiger partial charge in [0.2, 0.25) is 5.91 Å². The van der Waals surface area contributed by atoms with Crippen molar-refractivity contribution in [1.29, 1.82) is 0 Å². The Bertz CT molecular complexity index is 319. The Hall–Kier alpha value is -1.53. The number of nitrogens with zero attached hydrogens (tertiary/aromatic N) is 2. The van der Waals surface area contributed by atoms with Gasteiger partial charge in [0, 0.05) is 33.0 Å². The number of methoxy groups -OCH3 is 1. The Morgan fingerprint density at radius 3 is 3.12 bits per heavy atom. The molecule has 1 rings (SSSR count). The average molecular weight is 238 g/mol. The lowest BCUT2D eigenvalue weighted by Gasteiger charge is -2.06. The van der Waals surface area contributed by atoms with Crippen LogP contribution in [-0.2, 0) is 16.1 Å². The van der Waals surface area contributed by atoms with Crippen LogP contribution in [0.1, 0.15) is 12.1 Å². The molecule has 0 aliphatic heterocycles. The van der Waals surface area contributed by atoms with Crippen LogP contribution in [0.4, 0.5) is 0 Å². The van der Waals surface area contributed by atoms with E-state index in [0.29, 0.717) is 19.7 Å². The molecule has 0 aliphatic rings. The summed E-state index contributed by atoms with van der Waals surface area (Å²) in [4.78, 5) is 19.2. The Morgan fingerprint density at radius 1 is 1.53 bits per heavy atom. The molecule has 1 aromatic heterocycles. The van der Waals surface area contributed by atoms with E-state index < -0.39 is 0 Å². The molecule has 2 N–H and O–H groups in total. The van der Waals surface area contributed by atoms with E-state index in [-0.39, 0.29) is 12.5 Å². The molecule has 6 nitrogen and oxygen atoms in total. The molecule has 0 bridgehead atoms. The van der Waals surface area contributed by atoms with Gasteiger partial charge in [0.25, 0.3) is 0 Å². The Labute approximate surface area is 101 Å². The van der Waals surface area contributed by atoms with Crippen LogP contribution in [0.3, 0.4) is 0 Å². The zero-order chi connectivity index (χ0) is 12.3. The van der Waals surface area contributed by atoms with E-state index in [0.717, 1.165) is 12.1 Å². The monoisotopic (exact) mass is 238 g/mol. The number of rotatable bonds is 8. The average Bonchev–Trinajstić information content (AvgIpc) is 2.36. The maximum absolute atomic E-state index is 11.3. The summed E-state index contributed by atoms with van der Waals surface area (Å²) in [6, 6.07) is 1.81. The van der Waals surface area contributed by atoms with Gasteiger partial charge in [-0.05, 0) is 12.5 Å². The number of amides is 1. The molecule has 94 valence electrons. The fraction of sp³-hybridized carbons (Fsp3) is 0.545. The van der Waals surface area contributed by atoms with Crippen LogP contribution in [0.15, 0.2) is 18.6 Å². The zero-order valence-corrected chi connectivity index (χ0v) is 9.98. The van der Waals surface area contributed by atoms with Gasteiger partial charge in [-0.2, -0.15) is 0 Å². The molecule has 0 saturated carbocycles. The Morgan fingerprint density at radius 2 is 2.41 bits per heavy atom. The molecule has 0 unspecified atom stereocenters. The van der Waals surface area contributed by atoms with Gasteiger partial charge in [-0.25, -0.2) is 9.97 Å². The van der Waals surface area contributed by atoms with Crippen LogP contribution in [0.2, 0.25) is 0 Å². The predicted octanol–water partition coefficient (Wildman–Crippen LogP) is -0.281. The normalized spacial score (nSPS) is 10.2. The third kappa shape index (κ3) is 6.60. The summed E-state index contributed by atoms with van der Waals surface area (Å²) in [6.45, 7) is 2.15. The number of carbonyl (C=O) groups excluding carboxylic acids is 1. The van der Waals surface area contributed by atoms with Crippen LogP contribution in [0.25, 0.3) is 0 Å². The van der Waals surface area contributed by atoms with Gasteiger partial charge >= 0.3 is 0 Å². The van der Waals surface area contributed by atoms with E-state index in [9.17, 15) is 4.79 Å². The van der Waals surface area contributed by atoms with Crippen molar-refractivity contribution < 1.29 is 9.53 Å². The van der Waals surface area contributed by atoms with E-state index in [2.05, 4.69) is 20.6 Å². The lowest BCUT2D eigenvalue weighted by atomic mass is 10.4. The predicted molar refractivity (Wildman–Crippen MR) is 63.2 cm³/mol. The van der Waals surface area contributed by atoms with Gasteiger partial charge < -0.3 is 15.4 Å². The quantitative estimate of drug-likeness (QED) is 0.609. The number of hydrogen-bond donors (Lipinski definition) is 2. The summed E-state index contributed by atoms with van der Waals surface area (Å²) in [6.07, 6.45) is 3.99. The molecule has 0 atom stereocenters. The Kier molecular flexibility index (Phi) is 6.85. The highest BCUT2D eigenvalue weighted by Crippen LogP contribution is 1.88. The van der Waals surface area contributed by atoms with Crippen LogP contribution in [0.5, 0.6) is 0 Å². The summed E-state index contributed by atoms with van der Waals surface area (Å²) in [5, 5.41) is 5.80. The van der Waals surface area contributed by atoms with Gasteiger partial charge in [0.1, 0.15) is 6.33 Å². The lowest BCUT2D eigenvalue weighted by molar-refractivity contribution is -0.120. The largest absolute Gasteiger partial charge is 0.385 e. The van der Waals surface area contributed by atoms with E-state index in [4.69, 9.17) is 4.74 Å². The van der Waals surface area contributed by atoms with Crippen LogP contribution in [-0.4, -0.2) is 42.7 Å². The number of nitrogens with one attached hydrogen (secondary N) is 2. The highest BCUT2D eigenvalue weighted by molar-refractivity contribution is 5.77. The fourth-order valence-electron chi connectivity index (χ4n) is 1.23. The van der Waals surface area contributed by atoms with Crippen molar-refractivity contribution in [2.24, 2.45) is 0 Å². The second-order valence-corrected chi connectivity index (χ2v) is 3.50. The smallest absolute Gasteiger partial charge is 0.233 e. The fourth-order valence-corrected chi connectivity index (χ4v) is 1.23. The summed E-state index contributed by atoms with van der Waals surface area (Å²) < 4.78 is 4.88. The van der Waals surface area contributed by atoms with Crippen LogP contribution >= 0.6 is 0 Å². The van der Waals surface area contributed by atoms with Crippen molar-refractivity contribution in [2.75, 3.05) is 26.8 Å². The van der Waals surface area contributed by atoms with Gasteiger partial charge in [0.05, 0.1) is 12.2 Å². The van der Waals surface area contributed by atoms with E-state index >= 15 is 0 Å². The van der Waals surface area contributed by atoms with E-state index in [1.54, 1.807) is 13.3 Å². The summed E-state index contributed by atoms with van der Waals surface area (Å²) in [5.41, 5.74) is 0.868. The SMILES string of the molecule is COCCCNC(=O)CNCc1ccncn1. The highest BCUT2D eigenvalue weighted by atomic mass is 16.5. The van der Waals surface area contributed by atoms with Crippen LogP contribution < -0.4 is 10.6 Å². The van der Waals surface area contributed by atoms with Gasteiger partial charge in [-0.15, -0.1) is 0 Å². The lowest BCUT2D eigenvalue weighted by Crippen LogP contribution is -2.34. The first-order chi connectivity index (χ1) is 8.33. The minimum atomic E-state index is -0.0184. The summed E-state index contributed by atoms with van der Waals surface area (Å²) in [7, 11) is 1.64. The third-order valence-electron chi connectivity index (χ3n) is 2.08.